The fraction of sp³-hybridized carbons (Fsp3) is 0.192. The van der Waals surface area contributed by atoms with Gasteiger partial charge in [0.15, 0.2) is 5.82 Å². The number of aromatic amines is 1. The average Bonchev–Trinajstić information content (AvgIpc) is 3.20. The van der Waals surface area contributed by atoms with Crippen molar-refractivity contribution in [3.8, 4) is 28.6 Å². The minimum absolute atomic E-state index is 0.0384. The van der Waals surface area contributed by atoms with E-state index in [1.165, 1.54) is 15.5 Å². The van der Waals surface area contributed by atoms with Gasteiger partial charge in [-0.05, 0) is 35.2 Å². The van der Waals surface area contributed by atoms with E-state index in [1.54, 1.807) is 31.3 Å². The van der Waals surface area contributed by atoms with E-state index in [4.69, 9.17) is 11.6 Å². The summed E-state index contributed by atoms with van der Waals surface area (Å²) in [6.07, 6.45) is 0. The van der Waals surface area contributed by atoms with Gasteiger partial charge in [0.2, 0.25) is 0 Å². The number of halogens is 1. The smallest absolute Gasteiger partial charge is 0.348 e. The van der Waals surface area contributed by atoms with Crippen molar-refractivity contribution < 1.29 is 15.0 Å². The molecule has 0 unspecified atom stereocenters. The lowest BCUT2D eigenvalue weighted by atomic mass is 9.97. The summed E-state index contributed by atoms with van der Waals surface area (Å²) in [5, 5.41) is 27.8. The molecule has 0 atom stereocenters. The zero-order valence-corrected chi connectivity index (χ0v) is 20.2. The Balaban J connectivity index is 1.75. The van der Waals surface area contributed by atoms with Crippen molar-refractivity contribution >= 4 is 17.5 Å². The first-order valence-corrected chi connectivity index (χ1v) is 11.4. The second kappa shape index (κ2) is 9.68. The van der Waals surface area contributed by atoms with Crippen molar-refractivity contribution in [1.29, 1.82) is 0 Å². The summed E-state index contributed by atoms with van der Waals surface area (Å²) >= 11 is 6.28. The number of amides is 1. The number of carbonyl (C=O) groups is 1. The maximum absolute atomic E-state index is 13.3. The van der Waals surface area contributed by atoms with Gasteiger partial charge in [-0.15, -0.1) is 0 Å². The van der Waals surface area contributed by atoms with Crippen LogP contribution in [0.2, 0.25) is 5.02 Å². The first-order valence-electron chi connectivity index (χ1n) is 11.0. The number of H-pyrrole nitrogens is 1. The van der Waals surface area contributed by atoms with Gasteiger partial charge in [0.25, 0.3) is 5.91 Å². The Morgan fingerprint density at radius 3 is 2.49 bits per heavy atom. The molecule has 9 heteroatoms. The molecule has 3 aromatic carbocycles. The molecule has 1 heterocycles. The number of phenols is 2. The number of aromatic nitrogens is 3. The number of hydrogen-bond donors (Lipinski definition) is 3. The molecular weight excluding hydrogens is 468 g/mol. The lowest BCUT2D eigenvalue weighted by Gasteiger charge is -2.21. The topological polar surface area (TPSA) is 111 Å². The highest BCUT2D eigenvalue weighted by molar-refractivity contribution is 6.32. The highest BCUT2D eigenvalue weighted by Crippen LogP contribution is 2.36. The van der Waals surface area contributed by atoms with Gasteiger partial charge in [-0.2, -0.15) is 5.10 Å². The minimum atomic E-state index is -0.573. The van der Waals surface area contributed by atoms with E-state index in [2.05, 4.69) is 24.0 Å². The number of para-hydroxylation sites is 1. The quantitative estimate of drug-likeness (QED) is 0.361. The molecule has 8 nitrogen and oxygen atoms in total. The number of aromatic hydroxyl groups is 2. The molecule has 0 aliphatic rings. The first kappa shape index (κ1) is 24.1. The molecule has 180 valence electrons. The Bertz CT molecular complexity index is 1460. The fourth-order valence-corrected chi connectivity index (χ4v) is 4.26. The van der Waals surface area contributed by atoms with E-state index in [-0.39, 0.29) is 34.4 Å². The van der Waals surface area contributed by atoms with Crippen LogP contribution in [0.1, 0.15) is 41.3 Å². The maximum atomic E-state index is 13.3. The van der Waals surface area contributed by atoms with Crippen molar-refractivity contribution in [3.05, 3.63) is 92.9 Å². The second-order valence-electron chi connectivity index (χ2n) is 8.54. The van der Waals surface area contributed by atoms with E-state index in [1.807, 2.05) is 24.3 Å². The number of phenolic OH excluding ortho intramolecular Hbond substituents is 2. The molecule has 0 radical (unpaired) electrons. The molecule has 1 aromatic heterocycles. The van der Waals surface area contributed by atoms with Gasteiger partial charge in [-0.3, -0.25) is 4.79 Å². The molecule has 4 aromatic rings. The highest BCUT2D eigenvalue weighted by Gasteiger charge is 2.24. The number of rotatable bonds is 6. The van der Waals surface area contributed by atoms with Crippen LogP contribution >= 0.6 is 11.6 Å². The Hall–Kier alpha value is -4.04. The van der Waals surface area contributed by atoms with Crippen LogP contribution in [-0.4, -0.2) is 42.8 Å². The lowest BCUT2D eigenvalue weighted by molar-refractivity contribution is 0.0781. The molecule has 0 aliphatic heterocycles. The third-order valence-corrected chi connectivity index (χ3v) is 6.10. The Morgan fingerprint density at radius 1 is 1.09 bits per heavy atom. The van der Waals surface area contributed by atoms with Gasteiger partial charge >= 0.3 is 5.69 Å². The zero-order valence-electron chi connectivity index (χ0n) is 19.5. The second-order valence-corrected chi connectivity index (χ2v) is 8.95. The van der Waals surface area contributed by atoms with Crippen molar-refractivity contribution in [2.45, 2.75) is 26.3 Å². The van der Waals surface area contributed by atoms with Crippen LogP contribution in [0.15, 0.2) is 65.5 Å². The molecule has 0 aliphatic carbocycles. The van der Waals surface area contributed by atoms with E-state index in [0.717, 1.165) is 17.2 Å². The first-order chi connectivity index (χ1) is 16.7. The summed E-state index contributed by atoms with van der Waals surface area (Å²) in [5.74, 6) is -0.863. The highest BCUT2D eigenvalue weighted by atomic mass is 35.5. The Labute approximate surface area is 207 Å². The summed E-state index contributed by atoms with van der Waals surface area (Å²) in [4.78, 5) is 27.4. The van der Waals surface area contributed by atoms with Crippen LogP contribution in [-0.2, 0) is 6.54 Å². The lowest BCUT2D eigenvalue weighted by Crippen LogP contribution is -2.27. The van der Waals surface area contributed by atoms with Crippen LogP contribution in [0.5, 0.6) is 11.5 Å². The number of nitrogens with zero attached hydrogens (tertiary/aromatic N) is 3. The summed E-state index contributed by atoms with van der Waals surface area (Å²) in [7, 11) is 1.64. The van der Waals surface area contributed by atoms with E-state index < -0.39 is 11.6 Å². The third-order valence-electron chi connectivity index (χ3n) is 5.78. The predicted octanol–water partition coefficient (Wildman–Crippen LogP) is 4.69. The van der Waals surface area contributed by atoms with Crippen molar-refractivity contribution in [2.24, 2.45) is 0 Å². The molecule has 0 saturated carbocycles. The van der Waals surface area contributed by atoms with Crippen molar-refractivity contribution in [2.75, 3.05) is 7.05 Å². The van der Waals surface area contributed by atoms with Gasteiger partial charge in [-0.1, -0.05) is 61.8 Å². The van der Waals surface area contributed by atoms with E-state index >= 15 is 0 Å². The SMILES string of the molecule is CC(C)c1ccccc1CN(C)C(=O)c1cc(-c2n[nH]c(=O)n2-c2ccccc2Cl)c(O)cc1O. The summed E-state index contributed by atoms with van der Waals surface area (Å²) in [6, 6.07) is 16.9. The molecule has 0 fully saturated rings. The third kappa shape index (κ3) is 4.65. The van der Waals surface area contributed by atoms with Crippen molar-refractivity contribution in [3.63, 3.8) is 0 Å². The molecule has 4 rings (SSSR count). The van der Waals surface area contributed by atoms with Gasteiger partial charge in [-0.25, -0.2) is 14.5 Å². The molecule has 0 spiro atoms. The molecule has 0 saturated heterocycles. The molecule has 3 N–H and O–H groups in total. The van der Waals surface area contributed by atoms with Crippen molar-refractivity contribution in [1.82, 2.24) is 19.7 Å². The maximum Gasteiger partial charge on any atom is 0.348 e. The molecular formula is C26H25ClN4O4. The Kier molecular flexibility index (Phi) is 6.66. The van der Waals surface area contributed by atoms with Gasteiger partial charge in [0, 0.05) is 19.7 Å². The normalized spacial score (nSPS) is 11.1. The van der Waals surface area contributed by atoms with E-state index in [9.17, 15) is 19.8 Å². The predicted molar refractivity (Wildman–Crippen MR) is 134 cm³/mol. The van der Waals surface area contributed by atoms with Gasteiger partial charge in [0.1, 0.15) is 11.5 Å². The molecule has 35 heavy (non-hydrogen) atoms. The molecule has 1 amide bonds. The fourth-order valence-electron chi connectivity index (χ4n) is 4.04. The molecule has 0 bridgehead atoms. The number of benzene rings is 3. The van der Waals surface area contributed by atoms with Crippen LogP contribution in [0.4, 0.5) is 0 Å². The largest absolute Gasteiger partial charge is 0.507 e. The number of nitrogens with one attached hydrogen (secondary N) is 1. The zero-order chi connectivity index (χ0) is 25.3. The summed E-state index contributed by atoms with van der Waals surface area (Å²) in [6.45, 7) is 4.50. The minimum Gasteiger partial charge on any atom is -0.507 e. The average molecular weight is 493 g/mol. The number of carbonyl (C=O) groups excluding carboxylic acids is 1. The monoisotopic (exact) mass is 492 g/mol. The summed E-state index contributed by atoms with van der Waals surface area (Å²) in [5.41, 5.74) is 1.95. The standard InChI is InChI=1S/C26H25ClN4O4/c1-15(2)17-9-5-4-8-16(17)14-30(3)25(34)19-12-18(22(32)13-23(19)33)24-28-29-26(35)31(24)21-11-7-6-10-20(21)27/h4-13,15,32-33H,14H2,1-3H3,(H,29,35). The Morgan fingerprint density at radius 2 is 1.77 bits per heavy atom. The van der Waals surface area contributed by atoms with E-state index in [0.29, 0.717) is 17.3 Å². The van der Waals surface area contributed by atoms with Gasteiger partial charge in [0.05, 0.1) is 21.8 Å². The van der Waals surface area contributed by atoms with Crippen LogP contribution in [0, 0.1) is 0 Å². The van der Waals surface area contributed by atoms with Crippen LogP contribution < -0.4 is 5.69 Å². The van der Waals surface area contributed by atoms with Crippen LogP contribution in [0.25, 0.3) is 17.1 Å². The van der Waals surface area contributed by atoms with Gasteiger partial charge < -0.3 is 15.1 Å². The summed E-state index contributed by atoms with van der Waals surface area (Å²) < 4.78 is 1.20. The van der Waals surface area contributed by atoms with Crippen LogP contribution in [0.3, 0.4) is 0 Å². The number of hydrogen-bond acceptors (Lipinski definition) is 5.